The van der Waals surface area contributed by atoms with Crippen LogP contribution in [-0.2, 0) is 25.7 Å². The fourth-order valence-corrected chi connectivity index (χ4v) is 4.99. The minimum absolute atomic E-state index is 0.108. The summed E-state index contributed by atoms with van der Waals surface area (Å²) < 4.78 is 11.4. The van der Waals surface area contributed by atoms with Crippen LogP contribution in [0, 0.1) is 5.92 Å². The van der Waals surface area contributed by atoms with E-state index in [0.717, 1.165) is 27.8 Å². The normalized spacial score (nSPS) is 15.2. The average molecular weight is 545 g/mol. The Morgan fingerprint density at radius 3 is 1.98 bits per heavy atom. The Kier molecular flexibility index (Phi) is 9.56. The maximum atomic E-state index is 13.3. The van der Waals surface area contributed by atoms with Gasteiger partial charge in [-0.05, 0) is 40.7 Å². The summed E-state index contributed by atoms with van der Waals surface area (Å²) in [6.45, 7) is 5.62. The molecule has 3 aromatic carbocycles. The van der Waals surface area contributed by atoms with Crippen molar-refractivity contribution in [3.63, 3.8) is 0 Å². The van der Waals surface area contributed by atoms with Crippen molar-refractivity contribution >= 4 is 18.0 Å². The summed E-state index contributed by atoms with van der Waals surface area (Å²) in [5, 5.41) is 15.0. The van der Waals surface area contributed by atoms with Gasteiger partial charge in [-0.1, -0.05) is 99.1 Å². The van der Waals surface area contributed by atoms with Crippen LogP contribution in [0.1, 0.15) is 49.8 Å². The Morgan fingerprint density at radius 2 is 1.40 bits per heavy atom. The number of carbonyl (C=O) groups is 3. The maximum Gasteiger partial charge on any atom is 0.407 e. The van der Waals surface area contributed by atoms with Crippen LogP contribution in [0.2, 0.25) is 0 Å². The molecule has 1 aliphatic carbocycles. The standard InChI is InChI=1S/C32H36N2O6/c1-4-20(2)28(30(35)33-29(31(36)37)21(3)39-18-22-12-6-5-7-13-22)34-32(38)40-19-27-25-16-10-8-14-23(25)24-15-9-11-17-26(24)27/h5-17,20-21,27-29H,4,18-19H2,1-3H3,(H,33,35)(H,34,38)(H,36,37)/t20?,21?,28-,29?/m0/s1. The van der Waals surface area contributed by atoms with Gasteiger partial charge < -0.3 is 25.2 Å². The third-order valence-corrected chi connectivity index (χ3v) is 7.50. The molecule has 210 valence electrons. The van der Waals surface area contributed by atoms with E-state index in [9.17, 15) is 19.5 Å². The lowest BCUT2D eigenvalue weighted by Gasteiger charge is -2.27. The Hall–Kier alpha value is -4.17. The van der Waals surface area contributed by atoms with Gasteiger partial charge in [-0.2, -0.15) is 0 Å². The Morgan fingerprint density at radius 1 is 0.825 bits per heavy atom. The zero-order valence-electron chi connectivity index (χ0n) is 23.0. The molecule has 0 spiro atoms. The molecular formula is C32H36N2O6. The number of rotatable bonds is 12. The van der Waals surface area contributed by atoms with Crippen LogP contribution in [0.25, 0.3) is 11.1 Å². The first-order valence-electron chi connectivity index (χ1n) is 13.6. The number of carboxylic acid groups (broad SMARTS) is 1. The third kappa shape index (κ3) is 6.69. The topological polar surface area (TPSA) is 114 Å². The quantitative estimate of drug-likeness (QED) is 0.292. The summed E-state index contributed by atoms with van der Waals surface area (Å²) in [4.78, 5) is 38.2. The monoisotopic (exact) mass is 544 g/mol. The van der Waals surface area contributed by atoms with Crippen molar-refractivity contribution in [1.82, 2.24) is 10.6 Å². The van der Waals surface area contributed by atoms with Crippen LogP contribution < -0.4 is 10.6 Å². The first-order chi connectivity index (χ1) is 19.3. The molecule has 8 heteroatoms. The molecule has 4 atom stereocenters. The second kappa shape index (κ2) is 13.3. The third-order valence-electron chi connectivity index (χ3n) is 7.50. The summed E-state index contributed by atoms with van der Waals surface area (Å²) in [5.41, 5.74) is 5.29. The zero-order valence-corrected chi connectivity index (χ0v) is 23.0. The summed E-state index contributed by atoms with van der Waals surface area (Å²) in [6, 6.07) is 23.2. The van der Waals surface area contributed by atoms with Crippen LogP contribution in [0.15, 0.2) is 78.9 Å². The van der Waals surface area contributed by atoms with Crippen LogP contribution in [-0.4, -0.2) is 47.9 Å². The molecule has 3 N–H and O–H groups in total. The molecule has 0 saturated carbocycles. The van der Waals surface area contributed by atoms with Crippen molar-refractivity contribution in [3.8, 4) is 11.1 Å². The Labute approximate surface area is 234 Å². The van der Waals surface area contributed by atoms with E-state index < -0.39 is 36.2 Å². The smallest absolute Gasteiger partial charge is 0.407 e. The summed E-state index contributed by atoms with van der Waals surface area (Å²) in [7, 11) is 0. The first-order valence-corrected chi connectivity index (χ1v) is 13.6. The van der Waals surface area contributed by atoms with E-state index in [0.29, 0.717) is 6.42 Å². The van der Waals surface area contributed by atoms with E-state index in [2.05, 4.69) is 22.8 Å². The molecule has 3 unspecified atom stereocenters. The maximum absolute atomic E-state index is 13.3. The molecule has 2 amide bonds. The first kappa shape index (κ1) is 28.8. The van der Waals surface area contributed by atoms with Gasteiger partial charge in [-0.3, -0.25) is 4.79 Å². The zero-order chi connectivity index (χ0) is 28.6. The molecule has 0 heterocycles. The summed E-state index contributed by atoms with van der Waals surface area (Å²) >= 11 is 0. The Bertz CT molecular complexity index is 1280. The number of amides is 2. The molecule has 0 aliphatic heterocycles. The number of fused-ring (bicyclic) bond motifs is 3. The lowest BCUT2D eigenvalue weighted by atomic mass is 9.97. The van der Waals surface area contributed by atoms with E-state index in [1.807, 2.05) is 80.6 Å². The molecule has 0 saturated heterocycles. The largest absolute Gasteiger partial charge is 0.480 e. The van der Waals surface area contributed by atoms with Crippen LogP contribution in [0.5, 0.6) is 0 Å². The average Bonchev–Trinajstić information content (AvgIpc) is 3.29. The van der Waals surface area contributed by atoms with E-state index in [1.165, 1.54) is 0 Å². The number of hydrogen-bond acceptors (Lipinski definition) is 5. The van der Waals surface area contributed by atoms with Gasteiger partial charge >= 0.3 is 12.1 Å². The van der Waals surface area contributed by atoms with E-state index in [4.69, 9.17) is 9.47 Å². The van der Waals surface area contributed by atoms with Crippen molar-refractivity contribution in [3.05, 3.63) is 95.6 Å². The van der Waals surface area contributed by atoms with Crippen molar-refractivity contribution < 1.29 is 29.0 Å². The molecule has 8 nitrogen and oxygen atoms in total. The van der Waals surface area contributed by atoms with Crippen LogP contribution >= 0.6 is 0 Å². The highest BCUT2D eigenvalue weighted by molar-refractivity contribution is 5.89. The van der Waals surface area contributed by atoms with Gasteiger partial charge in [0, 0.05) is 5.92 Å². The molecule has 1 aliphatic rings. The number of aliphatic carboxylic acids is 1. The number of ether oxygens (including phenoxy) is 2. The van der Waals surface area contributed by atoms with E-state index >= 15 is 0 Å². The molecular weight excluding hydrogens is 508 g/mol. The predicted octanol–water partition coefficient (Wildman–Crippen LogP) is 5.11. The number of alkyl carbamates (subject to hydrolysis) is 1. The fraction of sp³-hybridized carbons (Fsp3) is 0.344. The Balaban J connectivity index is 1.39. The van der Waals surface area contributed by atoms with Crippen LogP contribution in [0.3, 0.4) is 0 Å². The number of hydrogen-bond donors (Lipinski definition) is 3. The number of carboxylic acids is 1. The van der Waals surface area contributed by atoms with Gasteiger partial charge in [0.05, 0.1) is 12.7 Å². The number of nitrogens with one attached hydrogen (secondary N) is 2. The molecule has 0 radical (unpaired) electrons. The van der Waals surface area contributed by atoms with Crippen molar-refractivity contribution in [2.75, 3.05) is 6.61 Å². The lowest BCUT2D eigenvalue weighted by Crippen LogP contribution is -2.57. The van der Waals surface area contributed by atoms with Gasteiger partial charge in [0.2, 0.25) is 5.91 Å². The molecule has 0 fully saturated rings. The molecule has 0 aromatic heterocycles. The second-order valence-electron chi connectivity index (χ2n) is 10.2. The lowest BCUT2D eigenvalue weighted by molar-refractivity contribution is -0.147. The highest BCUT2D eigenvalue weighted by atomic mass is 16.5. The van der Waals surface area contributed by atoms with Gasteiger partial charge in [0.25, 0.3) is 0 Å². The van der Waals surface area contributed by atoms with Crippen molar-refractivity contribution in [1.29, 1.82) is 0 Å². The highest BCUT2D eigenvalue weighted by Crippen LogP contribution is 2.44. The van der Waals surface area contributed by atoms with Crippen molar-refractivity contribution in [2.24, 2.45) is 5.92 Å². The van der Waals surface area contributed by atoms with Crippen LogP contribution in [0.4, 0.5) is 4.79 Å². The molecule has 3 aromatic rings. The van der Waals surface area contributed by atoms with Crippen molar-refractivity contribution in [2.45, 2.75) is 57.9 Å². The molecule has 0 bridgehead atoms. The van der Waals surface area contributed by atoms with Gasteiger partial charge in [-0.15, -0.1) is 0 Å². The molecule has 4 rings (SSSR count). The van der Waals surface area contributed by atoms with E-state index in [-0.39, 0.29) is 25.0 Å². The van der Waals surface area contributed by atoms with E-state index in [1.54, 1.807) is 6.92 Å². The van der Waals surface area contributed by atoms with Gasteiger partial charge in [0.1, 0.15) is 12.6 Å². The number of benzene rings is 3. The minimum atomic E-state index is -1.30. The fourth-order valence-electron chi connectivity index (χ4n) is 4.99. The SMILES string of the molecule is CCC(C)[C@H](NC(=O)OCC1c2ccccc2-c2ccccc21)C(=O)NC(C(=O)O)C(C)OCc1ccccc1. The number of carbonyl (C=O) groups excluding carboxylic acids is 2. The highest BCUT2D eigenvalue weighted by Gasteiger charge is 2.34. The molecule has 40 heavy (non-hydrogen) atoms. The summed E-state index contributed by atoms with van der Waals surface area (Å²) in [6.07, 6.45) is -0.962. The second-order valence-corrected chi connectivity index (χ2v) is 10.2. The van der Waals surface area contributed by atoms with Gasteiger partial charge in [0.15, 0.2) is 6.04 Å². The predicted molar refractivity (Wildman–Crippen MR) is 152 cm³/mol. The summed E-state index contributed by atoms with van der Waals surface area (Å²) in [5.74, 6) is -2.22. The van der Waals surface area contributed by atoms with Gasteiger partial charge in [-0.25, -0.2) is 9.59 Å². The minimum Gasteiger partial charge on any atom is -0.480 e.